The Morgan fingerprint density at radius 1 is 1.04 bits per heavy atom. The van der Waals surface area contributed by atoms with Crippen LogP contribution < -0.4 is 10.6 Å². The number of aryl methyl sites for hydroxylation is 2. The minimum absolute atomic E-state index is 0.0579. The summed E-state index contributed by atoms with van der Waals surface area (Å²) in [4.78, 5) is 23.7. The van der Waals surface area contributed by atoms with E-state index in [4.69, 9.17) is 0 Å². The molecule has 4 nitrogen and oxygen atoms in total. The van der Waals surface area contributed by atoms with Crippen LogP contribution in [0.2, 0.25) is 0 Å². The summed E-state index contributed by atoms with van der Waals surface area (Å²) in [5.74, 6) is -1.23. The molecule has 0 unspecified atom stereocenters. The Bertz CT molecular complexity index is 729. The molecular weight excluding hydrogens is 295 g/mol. The second-order valence-corrected chi connectivity index (χ2v) is 5.41. The largest absolute Gasteiger partial charge is 0.351 e. The molecular formula is C18H19FN2O2. The molecule has 0 aliphatic rings. The maximum Gasteiger partial charge on any atom is 0.233 e. The van der Waals surface area contributed by atoms with Gasteiger partial charge < -0.3 is 10.6 Å². The van der Waals surface area contributed by atoms with Crippen LogP contribution in [-0.2, 0) is 16.1 Å². The molecule has 0 aliphatic carbocycles. The maximum absolute atomic E-state index is 13.4. The first-order valence-electron chi connectivity index (χ1n) is 7.33. The summed E-state index contributed by atoms with van der Waals surface area (Å²) < 4.78 is 13.4. The third kappa shape index (κ3) is 4.92. The summed E-state index contributed by atoms with van der Waals surface area (Å²) in [5.41, 5.74) is 3.10. The van der Waals surface area contributed by atoms with E-state index < -0.39 is 11.8 Å². The van der Waals surface area contributed by atoms with Crippen molar-refractivity contribution in [1.29, 1.82) is 0 Å². The van der Waals surface area contributed by atoms with Gasteiger partial charge in [-0.3, -0.25) is 9.59 Å². The molecule has 0 aliphatic heterocycles. The van der Waals surface area contributed by atoms with Gasteiger partial charge in [0.1, 0.15) is 12.2 Å². The molecule has 2 rings (SSSR count). The number of hydrogen-bond donors (Lipinski definition) is 2. The molecule has 0 spiro atoms. The van der Waals surface area contributed by atoms with Crippen LogP contribution in [0.25, 0.3) is 0 Å². The highest BCUT2D eigenvalue weighted by molar-refractivity contribution is 6.03. The summed E-state index contributed by atoms with van der Waals surface area (Å²) in [5, 5.41) is 5.24. The monoisotopic (exact) mass is 314 g/mol. The van der Waals surface area contributed by atoms with Gasteiger partial charge in [-0.25, -0.2) is 4.39 Å². The standard InChI is InChI=1S/C18H19FN2O2/c1-12-7-8-16(13(2)9-12)21-18(23)10-17(22)20-11-14-5-3-4-6-15(14)19/h3-9H,10-11H2,1-2H3,(H,20,22)(H,21,23). The van der Waals surface area contributed by atoms with E-state index in [-0.39, 0.29) is 18.8 Å². The van der Waals surface area contributed by atoms with Gasteiger partial charge in [-0.1, -0.05) is 35.9 Å². The highest BCUT2D eigenvalue weighted by atomic mass is 19.1. The van der Waals surface area contributed by atoms with Crippen LogP contribution in [0.5, 0.6) is 0 Å². The van der Waals surface area contributed by atoms with Crippen molar-refractivity contribution in [3.8, 4) is 0 Å². The normalized spacial score (nSPS) is 10.2. The number of amides is 2. The van der Waals surface area contributed by atoms with Crippen molar-refractivity contribution in [1.82, 2.24) is 5.32 Å². The van der Waals surface area contributed by atoms with Gasteiger partial charge in [0.15, 0.2) is 0 Å². The average Bonchev–Trinajstić information content (AvgIpc) is 2.49. The third-order valence-corrected chi connectivity index (χ3v) is 3.41. The van der Waals surface area contributed by atoms with E-state index in [0.717, 1.165) is 11.1 Å². The van der Waals surface area contributed by atoms with Crippen molar-refractivity contribution < 1.29 is 14.0 Å². The van der Waals surface area contributed by atoms with Gasteiger partial charge in [0, 0.05) is 17.8 Å². The molecule has 0 bridgehead atoms. The van der Waals surface area contributed by atoms with Crippen LogP contribution in [-0.4, -0.2) is 11.8 Å². The summed E-state index contributed by atoms with van der Waals surface area (Å²) in [6.07, 6.45) is -0.304. The number of nitrogens with one attached hydrogen (secondary N) is 2. The van der Waals surface area contributed by atoms with Crippen LogP contribution in [0.1, 0.15) is 23.1 Å². The van der Waals surface area contributed by atoms with E-state index in [1.165, 1.54) is 6.07 Å². The van der Waals surface area contributed by atoms with E-state index >= 15 is 0 Å². The van der Waals surface area contributed by atoms with E-state index in [0.29, 0.717) is 11.3 Å². The molecule has 0 saturated carbocycles. The third-order valence-electron chi connectivity index (χ3n) is 3.41. The van der Waals surface area contributed by atoms with Gasteiger partial charge >= 0.3 is 0 Å². The lowest BCUT2D eigenvalue weighted by Crippen LogP contribution is -2.28. The Balaban J connectivity index is 1.85. The molecule has 2 amide bonds. The first kappa shape index (κ1) is 16.7. The summed E-state index contributed by atoms with van der Waals surface area (Å²) in [7, 11) is 0. The van der Waals surface area contributed by atoms with Gasteiger partial charge in [0.25, 0.3) is 0 Å². The Morgan fingerprint density at radius 2 is 1.78 bits per heavy atom. The molecule has 0 radical (unpaired) electrons. The number of benzene rings is 2. The van der Waals surface area contributed by atoms with Gasteiger partial charge in [-0.05, 0) is 31.5 Å². The lowest BCUT2D eigenvalue weighted by atomic mass is 10.1. The second kappa shape index (κ2) is 7.54. The van der Waals surface area contributed by atoms with E-state index in [1.54, 1.807) is 24.3 Å². The lowest BCUT2D eigenvalue weighted by molar-refractivity contribution is -0.126. The van der Waals surface area contributed by atoms with Crippen LogP contribution in [0.15, 0.2) is 42.5 Å². The molecule has 23 heavy (non-hydrogen) atoms. The fraction of sp³-hybridized carbons (Fsp3) is 0.222. The molecule has 0 saturated heterocycles. The molecule has 5 heteroatoms. The number of halogens is 1. The highest BCUT2D eigenvalue weighted by Crippen LogP contribution is 2.16. The van der Waals surface area contributed by atoms with Crippen molar-refractivity contribution >= 4 is 17.5 Å². The Kier molecular flexibility index (Phi) is 5.46. The highest BCUT2D eigenvalue weighted by Gasteiger charge is 2.11. The molecule has 0 aromatic heterocycles. The Morgan fingerprint density at radius 3 is 2.48 bits per heavy atom. The fourth-order valence-corrected chi connectivity index (χ4v) is 2.19. The van der Waals surface area contributed by atoms with Crippen LogP contribution in [0.4, 0.5) is 10.1 Å². The second-order valence-electron chi connectivity index (χ2n) is 5.41. The SMILES string of the molecule is Cc1ccc(NC(=O)CC(=O)NCc2ccccc2F)c(C)c1. The molecule has 0 atom stereocenters. The van der Waals surface area contributed by atoms with Crippen molar-refractivity contribution in [2.45, 2.75) is 26.8 Å². The van der Waals surface area contributed by atoms with Crippen LogP contribution in [0, 0.1) is 19.7 Å². The molecule has 120 valence electrons. The lowest BCUT2D eigenvalue weighted by Gasteiger charge is -2.10. The van der Waals surface area contributed by atoms with Crippen molar-refractivity contribution in [3.05, 3.63) is 65.0 Å². The van der Waals surface area contributed by atoms with Crippen molar-refractivity contribution in [3.63, 3.8) is 0 Å². The summed E-state index contributed by atoms with van der Waals surface area (Å²) in [6.45, 7) is 3.91. The maximum atomic E-state index is 13.4. The average molecular weight is 314 g/mol. The van der Waals surface area contributed by atoms with Gasteiger partial charge in [0.2, 0.25) is 11.8 Å². The number of rotatable bonds is 5. The molecule has 0 fully saturated rings. The zero-order valence-corrected chi connectivity index (χ0v) is 13.2. The number of anilines is 1. The number of carbonyl (C=O) groups is 2. The number of carbonyl (C=O) groups excluding carboxylic acids is 2. The zero-order chi connectivity index (χ0) is 16.8. The predicted octanol–water partition coefficient (Wildman–Crippen LogP) is 3.09. The smallest absolute Gasteiger partial charge is 0.233 e. The number of hydrogen-bond acceptors (Lipinski definition) is 2. The molecule has 2 N–H and O–H groups in total. The van der Waals surface area contributed by atoms with Gasteiger partial charge in [0.05, 0.1) is 0 Å². The zero-order valence-electron chi connectivity index (χ0n) is 13.2. The first-order chi connectivity index (χ1) is 11.0. The van der Waals surface area contributed by atoms with E-state index in [1.807, 2.05) is 26.0 Å². The topological polar surface area (TPSA) is 58.2 Å². The van der Waals surface area contributed by atoms with Crippen molar-refractivity contribution in [2.24, 2.45) is 0 Å². The van der Waals surface area contributed by atoms with Gasteiger partial charge in [-0.2, -0.15) is 0 Å². The molecule has 2 aromatic carbocycles. The minimum Gasteiger partial charge on any atom is -0.351 e. The molecule has 2 aromatic rings. The minimum atomic E-state index is -0.449. The van der Waals surface area contributed by atoms with Crippen LogP contribution >= 0.6 is 0 Å². The van der Waals surface area contributed by atoms with Crippen LogP contribution in [0.3, 0.4) is 0 Å². The predicted molar refractivity (Wildman–Crippen MR) is 87.4 cm³/mol. The van der Waals surface area contributed by atoms with Crippen molar-refractivity contribution in [2.75, 3.05) is 5.32 Å². The Labute approximate surface area is 134 Å². The quantitative estimate of drug-likeness (QED) is 0.833. The Hall–Kier alpha value is -2.69. The first-order valence-corrected chi connectivity index (χ1v) is 7.33. The van der Waals surface area contributed by atoms with E-state index in [2.05, 4.69) is 10.6 Å². The summed E-state index contributed by atoms with van der Waals surface area (Å²) >= 11 is 0. The van der Waals surface area contributed by atoms with Gasteiger partial charge in [-0.15, -0.1) is 0 Å². The molecule has 0 heterocycles. The van der Waals surface area contributed by atoms with E-state index in [9.17, 15) is 14.0 Å². The summed E-state index contributed by atoms with van der Waals surface area (Å²) in [6, 6.07) is 11.8. The fourth-order valence-electron chi connectivity index (χ4n) is 2.19.